The maximum absolute atomic E-state index is 13.8. The molecule has 0 fully saturated rings. The molecule has 2 N–H and O–H groups in total. The highest BCUT2D eigenvalue weighted by Gasteiger charge is 2.36. The molecule has 0 radical (unpaired) electrons. The molecular weight excluding hydrogens is 411 g/mol. The molecule has 1 aliphatic heterocycles. The minimum Gasteiger partial charge on any atom is -0.478 e. The van der Waals surface area contributed by atoms with Crippen LogP contribution in [-0.2, 0) is 0 Å². The predicted octanol–water partition coefficient (Wildman–Crippen LogP) is 3.72. The Hall–Kier alpha value is -3.78. The Balaban J connectivity index is 1.72. The Labute approximate surface area is 173 Å². The van der Waals surface area contributed by atoms with Gasteiger partial charge in [0, 0.05) is 33.5 Å². The lowest BCUT2D eigenvalue weighted by Crippen LogP contribution is -2.21. The molecular formula is C21H12ClFN4O3. The number of pyridine rings is 1. The van der Waals surface area contributed by atoms with E-state index >= 15 is 0 Å². The van der Waals surface area contributed by atoms with Gasteiger partial charge in [-0.15, -0.1) is 0 Å². The first-order chi connectivity index (χ1) is 14.4. The van der Waals surface area contributed by atoms with Crippen molar-refractivity contribution < 1.29 is 19.1 Å². The summed E-state index contributed by atoms with van der Waals surface area (Å²) in [4.78, 5) is 28.9. The van der Waals surface area contributed by atoms with Crippen LogP contribution in [0.15, 0.2) is 55.0 Å². The first-order valence-corrected chi connectivity index (χ1v) is 9.27. The van der Waals surface area contributed by atoms with Crippen molar-refractivity contribution in [1.82, 2.24) is 19.9 Å². The highest BCUT2D eigenvalue weighted by Crippen LogP contribution is 2.39. The number of carboxylic acids is 1. The van der Waals surface area contributed by atoms with Crippen molar-refractivity contribution in [3.8, 4) is 11.1 Å². The lowest BCUT2D eigenvalue weighted by molar-refractivity contribution is 0.0695. The van der Waals surface area contributed by atoms with Crippen molar-refractivity contribution in [1.29, 1.82) is 0 Å². The number of hydrogen-bond acceptors (Lipinski definition) is 4. The van der Waals surface area contributed by atoms with Crippen LogP contribution in [0.1, 0.15) is 37.9 Å². The van der Waals surface area contributed by atoms with Crippen LogP contribution in [0.3, 0.4) is 0 Å². The fourth-order valence-corrected chi connectivity index (χ4v) is 3.96. The molecule has 7 nitrogen and oxygen atoms in total. The van der Waals surface area contributed by atoms with Crippen LogP contribution in [-0.4, -0.2) is 31.6 Å². The summed E-state index contributed by atoms with van der Waals surface area (Å²) in [7, 11) is 0. The zero-order chi connectivity index (χ0) is 21.0. The third kappa shape index (κ3) is 2.81. The number of halogens is 2. The highest BCUT2D eigenvalue weighted by molar-refractivity contribution is 6.31. The van der Waals surface area contributed by atoms with Crippen LogP contribution in [0.4, 0.5) is 4.39 Å². The van der Waals surface area contributed by atoms with Crippen LogP contribution < -0.4 is 5.32 Å². The number of hydrogen-bond donors (Lipinski definition) is 2. The fraction of sp³-hybridized carbons (Fsp3) is 0.0476. The van der Waals surface area contributed by atoms with Crippen molar-refractivity contribution in [2.75, 3.05) is 0 Å². The standard InChI is InChI=1S/C21H12ClFN4O3/c22-16-3-2-12(23)7-13(16)19-18-14(20(28)26-19)5-11(6-15(18)21(29)30)10-1-4-17-24-9-25-27(17)8-10/h1-9,19H,(H,26,28)(H,29,30). The first-order valence-electron chi connectivity index (χ1n) is 8.89. The maximum atomic E-state index is 13.8. The molecule has 0 saturated heterocycles. The van der Waals surface area contributed by atoms with E-state index in [9.17, 15) is 19.1 Å². The van der Waals surface area contributed by atoms with E-state index in [1.54, 1.807) is 28.9 Å². The molecule has 0 saturated carbocycles. The van der Waals surface area contributed by atoms with Gasteiger partial charge in [-0.05, 0) is 48.0 Å². The second-order valence-electron chi connectivity index (χ2n) is 6.84. The summed E-state index contributed by atoms with van der Waals surface area (Å²) in [5.41, 5.74) is 2.52. The van der Waals surface area contributed by atoms with Gasteiger partial charge in [0.15, 0.2) is 5.65 Å². The van der Waals surface area contributed by atoms with Crippen molar-refractivity contribution in [2.45, 2.75) is 6.04 Å². The predicted molar refractivity (Wildman–Crippen MR) is 106 cm³/mol. The second-order valence-corrected chi connectivity index (χ2v) is 7.25. The Bertz CT molecular complexity index is 1370. The van der Waals surface area contributed by atoms with Crippen LogP contribution in [0, 0.1) is 5.82 Å². The molecule has 1 amide bonds. The second kappa shape index (κ2) is 6.64. The Morgan fingerprint density at radius 1 is 1.17 bits per heavy atom. The maximum Gasteiger partial charge on any atom is 0.336 e. The van der Waals surface area contributed by atoms with Crippen LogP contribution in [0.2, 0.25) is 5.02 Å². The van der Waals surface area contributed by atoms with E-state index < -0.39 is 23.7 Å². The number of carboxylic acid groups (broad SMARTS) is 1. The topological polar surface area (TPSA) is 96.6 Å². The SMILES string of the molecule is O=C(O)c1cc(-c2ccc3ncnn3c2)cc2c1C(c1cc(F)ccc1Cl)NC2=O. The van der Waals surface area contributed by atoms with Crippen molar-refractivity contribution >= 4 is 29.1 Å². The van der Waals surface area contributed by atoms with Crippen molar-refractivity contribution in [3.63, 3.8) is 0 Å². The fourth-order valence-electron chi connectivity index (χ4n) is 3.73. The summed E-state index contributed by atoms with van der Waals surface area (Å²) in [6, 6.07) is 9.51. The van der Waals surface area contributed by atoms with Gasteiger partial charge in [-0.2, -0.15) is 5.10 Å². The van der Waals surface area contributed by atoms with E-state index in [-0.39, 0.29) is 21.7 Å². The van der Waals surface area contributed by atoms with Gasteiger partial charge in [-0.3, -0.25) is 4.79 Å². The number of aromatic nitrogens is 3. The zero-order valence-corrected chi connectivity index (χ0v) is 15.9. The average molecular weight is 423 g/mol. The van der Waals surface area contributed by atoms with Gasteiger partial charge in [0.1, 0.15) is 12.1 Å². The van der Waals surface area contributed by atoms with Gasteiger partial charge in [0.05, 0.1) is 11.6 Å². The molecule has 3 heterocycles. The van der Waals surface area contributed by atoms with Gasteiger partial charge in [0.2, 0.25) is 0 Å². The molecule has 2 aromatic heterocycles. The summed E-state index contributed by atoms with van der Waals surface area (Å²) >= 11 is 6.21. The summed E-state index contributed by atoms with van der Waals surface area (Å²) in [6.45, 7) is 0. The molecule has 9 heteroatoms. The lowest BCUT2D eigenvalue weighted by Gasteiger charge is -2.16. The van der Waals surface area contributed by atoms with Gasteiger partial charge in [-0.25, -0.2) is 18.7 Å². The number of carbonyl (C=O) groups is 2. The number of benzene rings is 2. The van der Waals surface area contributed by atoms with E-state index in [0.717, 1.165) is 0 Å². The van der Waals surface area contributed by atoms with Crippen LogP contribution in [0.5, 0.6) is 0 Å². The average Bonchev–Trinajstić information content (AvgIpc) is 3.33. The monoisotopic (exact) mass is 422 g/mol. The smallest absolute Gasteiger partial charge is 0.336 e. The molecule has 30 heavy (non-hydrogen) atoms. The number of amides is 1. The largest absolute Gasteiger partial charge is 0.478 e. The van der Waals surface area contributed by atoms with Crippen molar-refractivity contribution in [3.05, 3.63) is 88.1 Å². The number of carbonyl (C=O) groups excluding carboxylic acids is 1. The third-order valence-electron chi connectivity index (χ3n) is 5.10. The Morgan fingerprint density at radius 2 is 2.00 bits per heavy atom. The van der Waals surface area contributed by atoms with E-state index in [0.29, 0.717) is 22.3 Å². The molecule has 4 aromatic rings. The number of fused-ring (bicyclic) bond motifs is 2. The number of nitrogens with one attached hydrogen (secondary N) is 1. The Kier molecular flexibility index (Phi) is 4.04. The zero-order valence-electron chi connectivity index (χ0n) is 15.1. The van der Waals surface area contributed by atoms with Crippen LogP contribution in [0.25, 0.3) is 16.8 Å². The normalized spacial score (nSPS) is 15.3. The quantitative estimate of drug-likeness (QED) is 0.524. The molecule has 0 bridgehead atoms. The molecule has 0 aliphatic carbocycles. The summed E-state index contributed by atoms with van der Waals surface area (Å²) in [6.07, 6.45) is 3.11. The molecule has 1 aliphatic rings. The van der Waals surface area contributed by atoms with Crippen molar-refractivity contribution in [2.24, 2.45) is 0 Å². The molecule has 1 atom stereocenters. The highest BCUT2D eigenvalue weighted by atomic mass is 35.5. The van der Waals surface area contributed by atoms with E-state index in [2.05, 4.69) is 15.4 Å². The number of aromatic carboxylic acids is 1. The van der Waals surface area contributed by atoms with E-state index in [4.69, 9.17) is 11.6 Å². The summed E-state index contributed by atoms with van der Waals surface area (Å²) in [5, 5.41) is 16.9. The molecule has 2 aromatic carbocycles. The van der Waals surface area contributed by atoms with Crippen LogP contribution >= 0.6 is 11.6 Å². The Morgan fingerprint density at radius 3 is 2.80 bits per heavy atom. The first kappa shape index (κ1) is 18.3. The molecule has 0 spiro atoms. The molecule has 1 unspecified atom stereocenters. The minimum atomic E-state index is -1.20. The molecule has 5 rings (SSSR count). The summed E-state index contributed by atoms with van der Waals surface area (Å²) in [5.74, 6) is -2.20. The van der Waals surface area contributed by atoms with Gasteiger partial charge in [-0.1, -0.05) is 11.6 Å². The third-order valence-corrected chi connectivity index (χ3v) is 5.44. The molecule has 148 valence electrons. The number of rotatable bonds is 3. The van der Waals surface area contributed by atoms with E-state index in [1.165, 1.54) is 30.6 Å². The number of nitrogens with zero attached hydrogens (tertiary/aromatic N) is 3. The summed E-state index contributed by atoms with van der Waals surface area (Å²) < 4.78 is 15.4. The minimum absolute atomic E-state index is 0.0649. The van der Waals surface area contributed by atoms with Gasteiger partial charge in [0.25, 0.3) is 5.91 Å². The van der Waals surface area contributed by atoms with Gasteiger partial charge >= 0.3 is 5.97 Å². The van der Waals surface area contributed by atoms with E-state index in [1.807, 2.05) is 0 Å². The van der Waals surface area contributed by atoms with Gasteiger partial charge < -0.3 is 10.4 Å². The lowest BCUT2D eigenvalue weighted by atomic mass is 9.90.